The Morgan fingerprint density at radius 2 is 1.52 bits per heavy atom. The number of esters is 1. The Morgan fingerprint density at radius 1 is 0.852 bits per heavy atom. The second kappa shape index (κ2) is 21.4. The number of unbranched alkanes of at least 4 members (excludes halogenated alkanes) is 10. The monoisotopic (exact) mass is 384 g/mol. The molecule has 160 valence electrons. The number of aliphatic hydroxyl groups is 1. The fourth-order valence-electron chi connectivity index (χ4n) is 2.86. The van der Waals surface area contributed by atoms with Crippen LogP contribution in [0.3, 0.4) is 0 Å². The van der Waals surface area contributed by atoms with Crippen molar-refractivity contribution in [3.8, 4) is 0 Å². The van der Waals surface area contributed by atoms with Crippen molar-refractivity contribution in [3.05, 3.63) is 12.2 Å². The first-order chi connectivity index (χ1) is 13.2. The van der Waals surface area contributed by atoms with E-state index in [0.717, 1.165) is 32.1 Å². The molecule has 0 aliphatic carbocycles. The summed E-state index contributed by atoms with van der Waals surface area (Å²) in [4.78, 5) is 11.7. The lowest BCUT2D eigenvalue weighted by Gasteiger charge is -2.15. The fraction of sp³-hybridized carbons (Fsp3) is 0.870. The quantitative estimate of drug-likeness (QED) is 0.160. The summed E-state index contributed by atoms with van der Waals surface area (Å²) < 4.78 is 10.8. The Bertz CT molecular complexity index is 341. The van der Waals surface area contributed by atoms with Crippen LogP contribution in [0.25, 0.3) is 0 Å². The van der Waals surface area contributed by atoms with Crippen LogP contribution in [0.5, 0.6) is 0 Å². The van der Waals surface area contributed by atoms with Crippen LogP contribution in [0.2, 0.25) is 0 Å². The SMILES string of the molecule is CCC/C=C\CCCCCCCCOCC(CO)OC(=O)CCCCCC. The van der Waals surface area contributed by atoms with Gasteiger partial charge >= 0.3 is 5.97 Å². The van der Waals surface area contributed by atoms with Gasteiger partial charge in [0.15, 0.2) is 0 Å². The topological polar surface area (TPSA) is 55.8 Å². The fourth-order valence-corrected chi connectivity index (χ4v) is 2.86. The van der Waals surface area contributed by atoms with E-state index >= 15 is 0 Å². The van der Waals surface area contributed by atoms with Crippen molar-refractivity contribution in [2.75, 3.05) is 19.8 Å². The molecule has 0 saturated heterocycles. The highest BCUT2D eigenvalue weighted by Gasteiger charge is 2.13. The third kappa shape index (κ3) is 19.7. The molecule has 0 fully saturated rings. The summed E-state index contributed by atoms with van der Waals surface area (Å²) in [5.41, 5.74) is 0. The molecule has 0 aromatic rings. The van der Waals surface area contributed by atoms with Gasteiger partial charge in [-0.1, -0.05) is 77.4 Å². The summed E-state index contributed by atoms with van der Waals surface area (Å²) in [6.45, 7) is 5.14. The first kappa shape index (κ1) is 26.1. The van der Waals surface area contributed by atoms with Gasteiger partial charge < -0.3 is 14.6 Å². The maximum absolute atomic E-state index is 11.7. The molecule has 0 aliphatic heterocycles. The van der Waals surface area contributed by atoms with Crippen LogP contribution >= 0.6 is 0 Å². The van der Waals surface area contributed by atoms with Gasteiger partial charge in [-0.3, -0.25) is 4.79 Å². The molecule has 0 aliphatic rings. The lowest BCUT2D eigenvalue weighted by molar-refractivity contribution is -0.154. The third-order valence-corrected chi connectivity index (χ3v) is 4.57. The summed E-state index contributed by atoms with van der Waals surface area (Å²) in [6, 6.07) is 0. The van der Waals surface area contributed by atoms with Gasteiger partial charge in [-0.15, -0.1) is 0 Å². The zero-order chi connectivity index (χ0) is 20.0. The third-order valence-electron chi connectivity index (χ3n) is 4.57. The molecule has 0 spiro atoms. The standard InChI is InChI=1S/C23H44O4/c1-3-5-7-9-10-11-12-13-14-15-17-19-26-21-22(20-24)27-23(25)18-16-8-6-4-2/h7,9,22,24H,3-6,8,10-21H2,1-2H3/b9-7-. The average molecular weight is 385 g/mol. The Morgan fingerprint density at radius 3 is 2.22 bits per heavy atom. The Balaban J connectivity index is 3.44. The maximum atomic E-state index is 11.7. The Labute approximate surface area is 167 Å². The maximum Gasteiger partial charge on any atom is 0.306 e. The second-order valence-electron chi connectivity index (χ2n) is 7.35. The van der Waals surface area contributed by atoms with Crippen LogP contribution < -0.4 is 0 Å². The summed E-state index contributed by atoms with van der Waals surface area (Å²) in [6.07, 6.45) is 19.7. The van der Waals surface area contributed by atoms with E-state index in [2.05, 4.69) is 26.0 Å². The van der Waals surface area contributed by atoms with E-state index in [1.807, 2.05) is 0 Å². The van der Waals surface area contributed by atoms with Crippen molar-refractivity contribution < 1.29 is 19.4 Å². The van der Waals surface area contributed by atoms with Crippen LogP contribution in [-0.4, -0.2) is 37.0 Å². The van der Waals surface area contributed by atoms with Crippen LogP contribution in [-0.2, 0) is 14.3 Å². The average Bonchev–Trinajstić information content (AvgIpc) is 2.68. The normalized spacial score (nSPS) is 12.6. The number of allylic oxidation sites excluding steroid dienone is 2. The molecule has 0 radical (unpaired) electrons. The van der Waals surface area contributed by atoms with Gasteiger partial charge in [-0.25, -0.2) is 0 Å². The predicted octanol–water partition coefficient (Wildman–Crippen LogP) is 5.96. The van der Waals surface area contributed by atoms with Crippen molar-refractivity contribution in [1.29, 1.82) is 0 Å². The minimum absolute atomic E-state index is 0.173. The minimum Gasteiger partial charge on any atom is -0.457 e. The van der Waals surface area contributed by atoms with Gasteiger partial charge in [0.25, 0.3) is 0 Å². The molecule has 0 aromatic heterocycles. The van der Waals surface area contributed by atoms with Crippen molar-refractivity contribution in [3.63, 3.8) is 0 Å². The number of ether oxygens (including phenoxy) is 2. The molecule has 0 amide bonds. The molecule has 4 heteroatoms. The molecular weight excluding hydrogens is 340 g/mol. The highest BCUT2D eigenvalue weighted by atomic mass is 16.6. The molecular formula is C23H44O4. The van der Waals surface area contributed by atoms with E-state index < -0.39 is 6.10 Å². The molecule has 1 unspecified atom stereocenters. The van der Waals surface area contributed by atoms with Gasteiger partial charge in [0.05, 0.1) is 13.2 Å². The summed E-state index contributed by atoms with van der Waals surface area (Å²) >= 11 is 0. The van der Waals surface area contributed by atoms with Crippen molar-refractivity contribution >= 4 is 5.97 Å². The summed E-state index contributed by atoms with van der Waals surface area (Å²) in [7, 11) is 0. The van der Waals surface area contributed by atoms with Gasteiger partial charge in [0.2, 0.25) is 0 Å². The predicted molar refractivity (Wildman–Crippen MR) is 113 cm³/mol. The molecule has 1 atom stereocenters. The second-order valence-corrected chi connectivity index (χ2v) is 7.35. The number of carbonyl (C=O) groups is 1. The Kier molecular flexibility index (Phi) is 20.7. The number of hydrogen-bond donors (Lipinski definition) is 1. The van der Waals surface area contributed by atoms with Crippen molar-refractivity contribution in [1.82, 2.24) is 0 Å². The zero-order valence-electron chi connectivity index (χ0n) is 17.9. The molecule has 0 bridgehead atoms. The summed E-state index contributed by atoms with van der Waals surface area (Å²) in [5, 5.41) is 9.31. The highest BCUT2D eigenvalue weighted by molar-refractivity contribution is 5.69. The number of hydrogen-bond acceptors (Lipinski definition) is 4. The van der Waals surface area contributed by atoms with E-state index in [4.69, 9.17) is 9.47 Å². The van der Waals surface area contributed by atoms with Crippen LogP contribution in [0.1, 0.15) is 104 Å². The molecule has 0 saturated carbocycles. The molecule has 1 N–H and O–H groups in total. The number of aliphatic hydroxyl groups excluding tert-OH is 1. The molecule has 4 nitrogen and oxygen atoms in total. The van der Waals surface area contributed by atoms with E-state index in [0.29, 0.717) is 19.6 Å². The molecule has 0 heterocycles. The minimum atomic E-state index is -0.524. The van der Waals surface area contributed by atoms with E-state index in [-0.39, 0.29) is 12.6 Å². The Hall–Kier alpha value is -0.870. The number of rotatable bonds is 20. The molecule has 27 heavy (non-hydrogen) atoms. The molecule has 0 aromatic carbocycles. The van der Waals surface area contributed by atoms with Crippen molar-refractivity contribution in [2.24, 2.45) is 0 Å². The number of carbonyl (C=O) groups excluding carboxylic acids is 1. The lowest BCUT2D eigenvalue weighted by atomic mass is 10.1. The zero-order valence-corrected chi connectivity index (χ0v) is 17.9. The van der Waals surface area contributed by atoms with Crippen LogP contribution in [0.4, 0.5) is 0 Å². The van der Waals surface area contributed by atoms with E-state index in [1.54, 1.807) is 0 Å². The van der Waals surface area contributed by atoms with Gasteiger partial charge in [0.1, 0.15) is 6.10 Å². The van der Waals surface area contributed by atoms with Gasteiger partial charge in [-0.05, 0) is 32.1 Å². The van der Waals surface area contributed by atoms with Crippen LogP contribution in [0.15, 0.2) is 12.2 Å². The van der Waals surface area contributed by atoms with Gasteiger partial charge in [-0.2, -0.15) is 0 Å². The first-order valence-corrected chi connectivity index (χ1v) is 11.3. The van der Waals surface area contributed by atoms with E-state index in [9.17, 15) is 9.90 Å². The van der Waals surface area contributed by atoms with E-state index in [1.165, 1.54) is 51.4 Å². The van der Waals surface area contributed by atoms with Crippen molar-refractivity contribution in [2.45, 2.75) is 110 Å². The van der Waals surface area contributed by atoms with Crippen LogP contribution in [0, 0.1) is 0 Å². The van der Waals surface area contributed by atoms with Gasteiger partial charge in [0, 0.05) is 13.0 Å². The lowest BCUT2D eigenvalue weighted by Crippen LogP contribution is -2.27. The highest BCUT2D eigenvalue weighted by Crippen LogP contribution is 2.09. The smallest absolute Gasteiger partial charge is 0.306 e. The molecule has 0 rings (SSSR count). The summed E-state index contributed by atoms with van der Waals surface area (Å²) in [5.74, 6) is -0.224. The largest absolute Gasteiger partial charge is 0.457 e. The first-order valence-electron chi connectivity index (χ1n) is 11.3.